The van der Waals surface area contributed by atoms with E-state index in [4.69, 9.17) is 4.74 Å². The number of carbonyl (C=O) groups excluding carboxylic acids is 1. The predicted octanol–water partition coefficient (Wildman–Crippen LogP) is 2.74. The molecule has 0 bridgehead atoms. The maximum Gasteiger partial charge on any atom is 0.343 e. The van der Waals surface area contributed by atoms with Gasteiger partial charge in [-0.2, -0.15) is 0 Å². The van der Waals surface area contributed by atoms with Crippen molar-refractivity contribution in [2.24, 2.45) is 0 Å². The first-order valence-electron chi connectivity index (χ1n) is 7.79. The summed E-state index contributed by atoms with van der Waals surface area (Å²) in [6, 6.07) is 9.77. The van der Waals surface area contributed by atoms with Crippen LogP contribution in [0.5, 0.6) is 0 Å². The van der Waals surface area contributed by atoms with Gasteiger partial charge in [-0.3, -0.25) is 4.79 Å². The van der Waals surface area contributed by atoms with Crippen LogP contribution in [0.1, 0.15) is 22.8 Å². The Bertz CT molecular complexity index is 970. The van der Waals surface area contributed by atoms with Crippen LogP contribution in [0.2, 0.25) is 0 Å². The summed E-state index contributed by atoms with van der Waals surface area (Å²) in [6.45, 7) is 2.39. The Labute approximate surface area is 148 Å². The van der Waals surface area contributed by atoms with E-state index in [0.717, 1.165) is 5.56 Å². The average molecular weight is 355 g/mol. The molecule has 6 nitrogen and oxygen atoms in total. The Morgan fingerprint density at radius 1 is 1.28 bits per heavy atom. The molecule has 0 aliphatic rings. The third-order valence-corrected chi connectivity index (χ3v) is 4.23. The molecule has 0 atom stereocenters. The number of benzene rings is 1. The topological polar surface area (TPSA) is 74.1 Å². The minimum atomic E-state index is -0.634. The number of pyridine rings is 1. The fourth-order valence-corrected chi connectivity index (χ4v) is 2.85. The molecule has 128 valence electrons. The zero-order chi connectivity index (χ0) is 17.8. The molecule has 2 heterocycles. The van der Waals surface area contributed by atoms with Crippen LogP contribution in [0.4, 0.5) is 0 Å². The van der Waals surface area contributed by atoms with E-state index in [-0.39, 0.29) is 12.2 Å². The summed E-state index contributed by atoms with van der Waals surface area (Å²) in [6.07, 6.45) is 4.86. The summed E-state index contributed by atoms with van der Waals surface area (Å²) in [4.78, 5) is 33.4. The number of fused-ring (bicyclic) bond motifs is 1. The first kappa shape index (κ1) is 17.2. The highest BCUT2D eigenvalue weighted by molar-refractivity contribution is 7.98. The Hall–Kier alpha value is -2.67. The van der Waals surface area contributed by atoms with Crippen molar-refractivity contribution < 1.29 is 9.53 Å². The second-order valence-electron chi connectivity index (χ2n) is 5.30. The smallest absolute Gasteiger partial charge is 0.343 e. The lowest BCUT2D eigenvalue weighted by Crippen LogP contribution is -2.22. The largest absolute Gasteiger partial charge is 0.462 e. The molecule has 0 saturated heterocycles. The van der Waals surface area contributed by atoms with Crippen LogP contribution in [-0.4, -0.2) is 33.4 Å². The minimum absolute atomic E-state index is 0.00853. The second-order valence-corrected chi connectivity index (χ2v) is 6.07. The Morgan fingerprint density at radius 2 is 2.04 bits per heavy atom. The van der Waals surface area contributed by atoms with E-state index in [0.29, 0.717) is 22.7 Å². The van der Waals surface area contributed by atoms with Crippen LogP contribution in [0, 0.1) is 0 Å². The van der Waals surface area contributed by atoms with Crippen LogP contribution in [0.3, 0.4) is 0 Å². The fraction of sp³-hybridized carbons (Fsp3) is 0.222. The van der Waals surface area contributed by atoms with Gasteiger partial charge in [0.2, 0.25) is 5.43 Å². The predicted molar refractivity (Wildman–Crippen MR) is 97.1 cm³/mol. The molecule has 0 radical (unpaired) electrons. The van der Waals surface area contributed by atoms with Gasteiger partial charge < -0.3 is 9.30 Å². The molecule has 0 unspecified atom stereocenters. The van der Waals surface area contributed by atoms with Gasteiger partial charge in [0.1, 0.15) is 11.2 Å². The molecule has 1 aromatic carbocycles. The summed E-state index contributed by atoms with van der Waals surface area (Å²) in [5.41, 5.74) is 1.11. The summed E-state index contributed by atoms with van der Waals surface area (Å²) >= 11 is 1.39. The van der Waals surface area contributed by atoms with E-state index in [9.17, 15) is 9.59 Å². The fourth-order valence-electron chi connectivity index (χ4n) is 2.51. The summed E-state index contributed by atoms with van der Waals surface area (Å²) in [5.74, 6) is -0.634. The van der Waals surface area contributed by atoms with E-state index < -0.39 is 11.4 Å². The van der Waals surface area contributed by atoms with E-state index in [1.165, 1.54) is 24.2 Å². The highest BCUT2D eigenvalue weighted by atomic mass is 32.2. The first-order chi connectivity index (χ1) is 12.1. The number of carbonyl (C=O) groups is 1. The summed E-state index contributed by atoms with van der Waals surface area (Å²) in [5, 5.41) is 0.872. The highest BCUT2D eigenvalue weighted by Crippen LogP contribution is 2.16. The van der Waals surface area contributed by atoms with Gasteiger partial charge in [0.15, 0.2) is 5.16 Å². The zero-order valence-corrected chi connectivity index (χ0v) is 14.7. The van der Waals surface area contributed by atoms with Crippen LogP contribution in [0.25, 0.3) is 11.0 Å². The molecule has 0 saturated carbocycles. The Morgan fingerprint density at radius 3 is 2.72 bits per heavy atom. The molecule has 25 heavy (non-hydrogen) atoms. The molecule has 0 aliphatic carbocycles. The maximum atomic E-state index is 12.6. The first-order valence-corrected chi connectivity index (χ1v) is 9.01. The van der Waals surface area contributed by atoms with Crippen molar-refractivity contribution in [1.82, 2.24) is 14.5 Å². The van der Waals surface area contributed by atoms with Crippen molar-refractivity contribution in [1.29, 1.82) is 0 Å². The van der Waals surface area contributed by atoms with Gasteiger partial charge >= 0.3 is 5.97 Å². The third kappa shape index (κ3) is 3.56. The highest BCUT2D eigenvalue weighted by Gasteiger charge is 2.18. The van der Waals surface area contributed by atoms with Crippen molar-refractivity contribution in [2.75, 3.05) is 12.9 Å². The van der Waals surface area contributed by atoms with Crippen molar-refractivity contribution >= 4 is 28.8 Å². The van der Waals surface area contributed by atoms with Gasteiger partial charge in [0, 0.05) is 18.9 Å². The van der Waals surface area contributed by atoms with Gasteiger partial charge in [-0.25, -0.2) is 14.8 Å². The second kappa shape index (κ2) is 7.48. The van der Waals surface area contributed by atoms with Crippen molar-refractivity contribution in [3.05, 3.63) is 64.1 Å². The number of rotatable bonds is 5. The quantitative estimate of drug-likeness (QED) is 0.398. The molecule has 7 heteroatoms. The number of hydrogen-bond acceptors (Lipinski definition) is 6. The lowest BCUT2D eigenvalue weighted by Gasteiger charge is -2.13. The molecule has 3 rings (SSSR count). The number of thioether (sulfide) groups is 1. The van der Waals surface area contributed by atoms with E-state index in [1.807, 2.05) is 36.6 Å². The average Bonchev–Trinajstić information content (AvgIpc) is 2.64. The normalized spacial score (nSPS) is 10.8. The molecule has 2 aromatic heterocycles. The van der Waals surface area contributed by atoms with E-state index >= 15 is 0 Å². The Kier molecular flexibility index (Phi) is 5.14. The van der Waals surface area contributed by atoms with Crippen molar-refractivity contribution in [3.8, 4) is 0 Å². The summed E-state index contributed by atoms with van der Waals surface area (Å²) in [7, 11) is 0. The molecular formula is C18H17N3O3S. The maximum absolute atomic E-state index is 12.6. The summed E-state index contributed by atoms with van der Waals surface area (Å²) < 4.78 is 6.80. The Balaban J connectivity index is 2.22. The van der Waals surface area contributed by atoms with Crippen molar-refractivity contribution in [2.45, 2.75) is 18.6 Å². The molecule has 0 aliphatic heterocycles. The molecule has 0 spiro atoms. The molecule has 0 N–H and O–H groups in total. The van der Waals surface area contributed by atoms with E-state index in [2.05, 4.69) is 9.97 Å². The molecule has 3 aromatic rings. The number of hydrogen-bond donors (Lipinski definition) is 0. The van der Waals surface area contributed by atoms with Crippen LogP contribution in [-0.2, 0) is 11.3 Å². The van der Waals surface area contributed by atoms with Gasteiger partial charge in [0.05, 0.1) is 12.0 Å². The lowest BCUT2D eigenvalue weighted by molar-refractivity contribution is 0.0524. The van der Waals surface area contributed by atoms with Crippen LogP contribution in [0.15, 0.2) is 52.7 Å². The van der Waals surface area contributed by atoms with Gasteiger partial charge in [0.25, 0.3) is 0 Å². The van der Waals surface area contributed by atoms with E-state index in [1.54, 1.807) is 11.5 Å². The standard InChI is InChI=1S/C18H17N3O3S/c1-3-24-17(23)14-11-21(10-12-7-5-4-6-8-12)16-13(15(14)22)9-19-18(20-16)25-2/h4-9,11H,3,10H2,1-2H3. The SMILES string of the molecule is CCOC(=O)c1cn(Cc2ccccc2)c2nc(SC)ncc2c1=O. The van der Waals surface area contributed by atoms with Crippen LogP contribution >= 0.6 is 11.8 Å². The number of esters is 1. The lowest BCUT2D eigenvalue weighted by atomic mass is 10.2. The molecule has 0 amide bonds. The monoisotopic (exact) mass is 355 g/mol. The third-order valence-electron chi connectivity index (χ3n) is 3.67. The van der Waals surface area contributed by atoms with Gasteiger partial charge in [-0.15, -0.1) is 0 Å². The minimum Gasteiger partial charge on any atom is -0.462 e. The zero-order valence-electron chi connectivity index (χ0n) is 13.9. The number of ether oxygens (including phenoxy) is 1. The molecule has 0 fully saturated rings. The van der Waals surface area contributed by atoms with Crippen LogP contribution < -0.4 is 5.43 Å². The number of nitrogens with zero attached hydrogens (tertiary/aromatic N) is 3. The van der Waals surface area contributed by atoms with Gasteiger partial charge in [-0.05, 0) is 18.7 Å². The molecular weight excluding hydrogens is 338 g/mol. The van der Waals surface area contributed by atoms with Gasteiger partial charge in [-0.1, -0.05) is 42.1 Å². The number of aromatic nitrogens is 3. The van der Waals surface area contributed by atoms with Crippen molar-refractivity contribution in [3.63, 3.8) is 0 Å².